The minimum Gasteiger partial charge on any atom is -0.550 e. The molecule has 0 bridgehead atoms. The van der Waals surface area contributed by atoms with Gasteiger partial charge < -0.3 is 14.8 Å². The third-order valence-corrected chi connectivity index (χ3v) is 11.0. The molecule has 0 aliphatic carbocycles. The van der Waals surface area contributed by atoms with Gasteiger partial charge in [-0.05, 0) is 51.7 Å². The zero-order valence-electron chi connectivity index (χ0n) is 35.2. The van der Waals surface area contributed by atoms with Crippen LogP contribution in [0.25, 0.3) is 0 Å². The number of nitrogens with zero attached hydrogens (tertiary/aromatic N) is 1. The van der Waals surface area contributed by atoms with E-state index < -0.39 is 5.97 Å². The van der Waals surface area contributed by atoms with E-state index in [1.54, 1.807) is 0 Å². The van der Waals surface area contributed by atoms with Crippen molar-refractivity contribution in [2.45, 2.75) is 271 Å². The zero-order chi connectivity index (χ0) is 35.6. The SMILES string of the molecule is CCCCCCCCCCCCCCCCCCCCN(CCCCCCCCCCCCCCCCCCCC)CCCCCC(=O)[O-].[Na+]. The van der Waals surface area contributed by atoms with Gasteiger partial charge >= 0.3 is 29.6 Å². The van der Waals surface area contributed by atoms with Crippen molar-refractivity contribution in [3.63, 3.8) is 0 Å². The second-order valence-corrected chi connectivity index (χ2v) is 16.0. The number of unbranched alkanes of at least 4 members (excludes halogenated alkanes) is 36. The minimum absolute atomic E-state index is 0. The largest absolute Gasteiger partial charge is 1.00 e. The summed E-state index contributed by atoms with van der Waals surface area (Å²) in [5.74, 6) is -0.894. The molecule has 0 spiro atoms. The van der Waals surface area contributed by atoms with Crippen molar-refractivity contribution in [1.29, 1.82) is 0 Å². The molecule has 4 heteroatoms. The van der Waals surface area contributed by atoms with Crippen LogP contribution in [0.5, 0.6) is 0 Å². The zero-order valence-corrected chi connectivity index (χ0v) is 37.2. The second-order valence-electron chi connectivity index (χ2n) is 16.0. The Morgan fingerprint density at radius 1 is 0.320 bits per heavy atom. The van der Waals surface area contributed by atoms with Gasteiger partial charge in [0.2, 0.25) is 0 Å². The van der Waals surface area contributed by atoms with E-state index in [0.717, 1.165) is 25.8 Å². The number of carboxylic acids is 1. The maximum absolute atomic E-state index is 10.8. The number of carboxylic acid groups (broad SMARTS) is 1. The Bertz CT molecular complexity index is 575. The number of hydrogen-bond donors (Lipinski definition) is 0. The Morgan fingerprint density at radius 2 is 0.500 bits per heavy atom. The first kappa shape index (κ1) is 52.5. The molecule has 0 saturated heterocycles. The molecule has 0 aromatic heterocycles. The third kappa shape index (κ3) is 46.5. The first-order chi connectivity index (χ1) is 24.2. The van der Waals surface area contributed by atoms with Crippen molar-refractivity contribution >= 4 is 5.97 Å². The van der Waals surface area contributed by atoms with Gasteiger partial charge in [-0.25, -0.2) is 0 Å². The van der Waals surface area contributed by atoms with Crippen LogP contribution in [0.2, 0.25) is 0 Å². The van der Waals surface area contributed by atoms with Crippen molar-refractivity contribution in [2.24, 2.45) is 0 Å². The molecule has 0 saturated carbocycles. The first-order valence-corrected chi connectivity index (χ1v) is 23.1. The molecule has 3 nitrogen and oxygen atoms in total. The van der Waals surface area contributed by atoms with Crippen LogP contribution in [0, 0.1) is 0 Å². The molecule has 0 fully saturated rings. The predicted molar refractivity (Wildman–Crippen MR) is 217 cm³/mol. The summed E-state index contributed by atoms with van der Waals surface area (Å²) in [6.45, 7) is 8.21. The van der Waals surface area contributed by atoms with Gasteiger partial charge in [0.25, 0.3) is 0 Å². The molecule has 0 N–H and O–H groups in total. The van der Waals surface area contributed by atoms with Gasteiger partial charge in [-0.15, -0.1) is 0 Å². The molecule has 0 rings (SSSR count). The maximum Gasteiger partial charge on any atom is 1.00 e. The second kappa shape index (κ2) is 47.5. The number of aliphatic carboxylic acids is 1. The van der Waals surface area contributed by atoms with Crippen molar-refractivity contribution < 1.29 is 39.5 Å². The summed E-state index contributed by atoms with van der Waals surface area (Å²) in [5, 5.41) is 10.8. The molecule has 294 valence electrons. The van der Waals surface area contributed by atoms with Gasteiger partial charge in [0, 0.05) is 5.97 Å². The number of rotatable bonds is 44. The van der Waals surface area contributed by atoms with Crippen LogP contribution >= 0.6 is 0 Å². The average molecular weight is 714 g/mol. The van der Waals surface area contributed by atoms with E-state index in [1.807, 2.05) is 0 Å². The van der Waals surface area contributed by atoms with E-state index in [0.29, 0.717) is 0 Å². The monoisotopic (exact) mass is 714 g/mol. The summed E-state index contributed by atoms with van der Waals surface area (Å²) in [5.41, 5.74) is 0. The van der Waals surface area contributed by atoms with Gasteiger partial charge in [0.05, 0.1) is 0 Å². The van der Waals surface area contributed by atoms with Gasteiger partial charge in [0.1, 0.15) is 0 Å². The van der Waals surface area contributed by atoms with Gasteiger partial charge in [-0.2, -0.15) is 0 Å². The first-order valence-electron chi connectivity index (χ1n) is 23.1. The summed E-state index contributed by atoms with van der Waals surface area (Å²) >= 11 is 0. The van der Waals surface area contributed by atoms with Crippen molar-refractivity contribution in [3.05, 3.63) is 0 Å². The molecule has 0 atom stereocenters. The summed E-state index contributed by atoms with van der Waals surface area (Å²) in [6, 6.07) is 0. The standard InChI is InChI=1S/C46H93NO2.Na/c1-3-5-7-9-11-13-15-17-19-21-23-25-27-29-31-33-35-39-43-47(45-41-37-38-42-46(48)49)44-40-36-34-32-30-28-26-24-22-20-18-16-14-12-10-8-6-4-2;/h3-45H2,1-2H3,(H,48,49);/q;+1/p-1. The summed E-state index contributed by atoms with van der Waals surface area (Å²) < 4.78 is 0. The Morgan fingerprint density at radius 3 is 0.700 bits per heavy atom. The molecule has 0 heterocycles. The normalized spacial score (nSPS) is 11.4. The van der Waals surface area contributed by atoms with E-state index in [2.05, 4.69) is 18.7 Å². The summed E-state index contributed by atoms with van der Waals surface area (Å²) in [4.78, 5) is 13.4. The fourth-order valence-electron chi connectivity index (χ4n) is 7.59. The predicted octanol–water partition coefficient (Wildman–Crippen LogP) is 11.7. The Labute approximate surface area is 338 Å². The van der Waals surface area contributed by atoms with Crippen LogP contribution in [-0.2, 0) is 4.79 Å². The van der Waals surface area contributed by atoms with Crippen LogP contribution in [0.3, 0.4) is 0 Å². The number of hydrogen-bond acceptors (Lipinski definition) is 3. The van der Waals surface area contributed by atoms with E-state index in [1.165, 1.54) is 244 Å². The summed E-state index contributed by atoms with van der Waals surface area (Å²) in [7, 11) is 0. The van der Waals surface area contributed by atoms with Crippen molar-refractivity contribution in [3.8, 4) is 0 Å². The molecule has 0 aliphatic heterocycles. The van der Waals surface area contributed by atoms with Crippen LogP contribution < -0.4 is 34.7 Å². The number of carbonyl (C=O) groups is 1. The Balaban J connectivity index is 0. The molecule has 0 unspecified atom stereocenters. The molecular formula is C46H92NNaO2. The molecule has 0 aromatic rings. The van der Waals surface area contributed by atoms with Crippen LogP contribution in [0.1, 0.15) is 271 Å². The number of carbonyl (C=O) groups excluding carboxylic acids is 1. The fourth-order valence-corrected chi connectivity index (χ4v) is 7.59. The molecular weight excluding hydrogens is 622 g/mol. The molecule has 50 heavy (non-hydrogen) atoms. The van der Waals surface area contributed by atoms with Crippen molar-refractivity contribution in [1.82, 2.24) is 4.90 Å². The molecule has 0 radical (unpaired) electrons. The fraction of sp³-hybridized carbons (Fsp3) is 0.978. The van der Waals surface area contributed by atoms with Gasteiger partial charge in [0.15, 0.2) is 0 Å². The van der Waals surface area contributed by atoms with Crippen molar-refractivity contribution in [2.75, 3.05) is 19.6 Å². The topological polar surface area (TPSA) is 43.4 Å². The quantitative estimate of drug-likeness (QED) is 0.0466. The average Bonchev–Trinajstić information content (AvgIpc) is 3.09. The molecule has 0 amide bonds. The molecule has 0 aromatic carbocycles. The molecule has 0 aliphatic rings. The van der Waals surface area contributed by atoms with E-state index >= 15 is 0 Å². The third-order valence-electron chi connectivity index (χ3n) is 11.0. The maximum atomic E-state index is 10.8. The van der Waals surface area contributed by atoms with E-state index in [-0.39, 0.29) is 36.0 Å². The van der Waals surface area contributed by atoms with E-state index in [9.17, 15) is 9.90 Å². The van der Waals surface area contributed by atoms with Gasteiger partial charge in [-0.1, -0.05) is 239 Å². The van der Waals surface area contributed by atoms with Crippen LogP contribution in [0.4, 0.5) is 0 Å². The summed E-state index contributed by atoms with van der Waals surface area (Å²) in [6.07, 6.45) is 54.6. The Kier molecular flexibility index (Phi) is 49.9. The Hall–Kier alpha value is 0.430. The smallest absolute Gasteiger partial charge is 0.550 e. The van der Waals surface area contributed by atoms with Crippen LogP contribution in [0.15, 0.2) is 0 Å². The van der Waals surface area contributed by atoms with E-state index in [4.69, 9.17) is 0 Å². The van der Waals surface area contributed by atoms with Crippen LogP contribution in [-0.4, -0.2) is 30.5 Å². The van der Waals surface area contributed by atoms with Gasteiger partial charge in [-0.3, -0.25) is 0 Å². The minimum atomic E-state index is -0.894.